The summed E-state index contributed by atoms with van der Waals surface area (Å²) in [7, 11) is 1.81. The molecule has 0 heterocycles. The molecular formula is C13H21NO2. The van der Waals surface area contributed by atoms with Crippen LogP contribution in [-0.2, 0) is 9.53 Å². The number of nitrogens with one attached hydrogen (secondary N) is 1. The maximum Gasteiger partial charge on any atom is 0.323 e. The monoisotopic (exact) mass is 223 g/mol. The van der Waals surface area contributed by atoms with Crippen molar-refractivity contribution >= 4 is 5.97 Å². The highest BCUT2D eigenvalue weighted by Gasteiger charge is 2.21. The summed E-state index contributed by atoms with van der Waals surface area (Å²) >= 11 is 0. The molecule has 0 aliphatic heterocycles. The molecule has 3 heteroatoms. The molecule has 0 spiro atoms. The summed E-state index contributed by atoms with van der Waals surface area (Å²) in [6.07, 6.45) is 11.1. The molecule has 16 heavy (non-hydrogen) atoms. The molecular weight excluding hydrogens is 202 g/mol. The van der Waals surface area contributed by atoms with Gasteiger partial charge in [0.05, 0.1) is 6.61 Å². The standard InChI is InChI=1S/C13H21NO2/c1-3-9-16-13(15)12(14-2)10-11-7-5-4-6-8-11/h4-7,11-12,14H,3,8-10H2,1-2H3. The SMILES string of the molecule is CCCOC(=O)C(CC1C=CC=CC1)NC. The Kier molecular flexibility index (Phi) is 5.86. The summed E-state index contributed by atoms with van der Waals surface area (Å²) in [6.45, 7) is 2.51. The smallest absolute Gasteiger partial charge is 0.323 e. The van der Waals surface area contributed by atoms with Gasteiger partial charge in [-0.05, 0) is 32.2 Å². The second kappa shape index (κ2) is 7.23. The van der Waals surface area contributed by atoms with Crippen LogP contribution in [0, 0.1) is 5.92 Å². The molecule has 0 amide bonds. The van der Waals surface area contributed by atoms with Gasteiger partial charge in [0, 0.05) is 0 Å². The maximum atomic E-state index is 11.7. The maximum absolute atomic E-state index is 11.7. The Balaban J connectivity index is 2.38. The minimum Gasteiger partial charge on any atom is -0.465 e. The van der Waals surface area contributed by atoms with Gasteiger partial charge in [0.2, 0.25) is 0 Å². The number of rotatable bonds is 6. The van der Waals surface area contributed by atoms with E-state index in [1.807, 2.05) is 19.1 Å². The van der Waals surface area contributed by atoms with Crippen LogP contribution < -0.4 is 5.32 Å². The summed E-state index contributed by atoms with van der Waals surface area (Å²) in [6, 6.07) is -0.187. The Labute approximate surface area is 97.6 Å². The summed E-state index contributed by atoms with van der Waals surface area (Å²) in [5.41, 5.74) is 0. The van der Waals surface area contributed by atoms with Crippen molar-refractivity contribution in [2.24, 2.45) is 5.92 Å². The second-order valence-corrected chi connectivity index (χ2v) is 4.05. The van der Waals surface area contributed by atoms with Crippen molar-refractivity contribution in [3.63, 3.8) is 0 Å². The van der Waals surface area contributed by atoms with Crippen LogP contribution in [0.3, 0.4) is 0 Å². The van der Waals surface area contributed by atoms with E-state index < -0.39 is 0 Å². The predicted molar refractivity (Wildman–Crippen MR) is 65.1 cm³/mol. The van der Waals surface area contributed by atoms with Gasteiger partial charge in [0.1, 0.15) is 6.04 Å². The molecule has 0 saturated carbocycles. The molecule has 0 fully saturated rings. The Morgan fingerprint density at radius 2 is 2.38 bits per heavy atom. The first-order valence-corrected chi connectivity index (χ1v) is 5.95. The Bertz CT molecular complexity index is 271. The quantitative estimate of drug-likeness (QED) is 0.700. The first kappa shape index (κ1) is 13.0. The summed E-state index contributed by atoms with van der Waals surface area (Å²) in [4.78, 5) is 11.7. The van der Waals surface area contributed by atoms with Crippen molar-refractivity contribution in [3.05, 3.63) is 24.3 Å². The molecule has 2 atom stereocenters. The molecule has 0 aromatic heterocycles. The van der Waals surface area contributed by atoms with Crippen molar-refractivity contribution < 1.29 is 9.53 Å². The average Bonchev–Trinajstić information content (AvgIpc) is 2.34. The van der Waals surface area contributed by atoms with Crippen LogP contribution in [0.5, 0.6) is 0 Å². The van der Waals surface area contributed by atoms with Crippen molar-refractivity contribution in [2.45, 2.75) is 32.2 Å². The molecule has 2 unspecified atom stereocenters. The normalized spacial score (nSPS) is 20.8. The van der Waals surface area contributed by atoms with Crippen LogP contribution in [0.1, 0.15) is 26.2 Å². The fourth-order valence-corrected chi connectivity index (χ4v) is 1.74. The van der Waals surface area contributed by atoms with E-state index in [-0.39, 0.29) is 12.0 Å². The van der Waals surface area contributed by atoms with Gasteiger partial charge in [-0.1, -0.05) is 31.2 Å². The first-order valence-electron chi connectivity index (χ1n) is 5.95. The summed E-state index contributed by atoms with van der Waals surface area (Å²) in [5, 5.41) is 3.03. The van der Waals surface area contributed by atoms with Gasteiger partial charge in [0.25, 0.3) is 0 Å². The van der Waals surface area contributed by atoms with E-state index >= 15 is 0 Å². The number of hydrogen-bond acceptors (Lipinski definition) is 3. The molecule has 90 valence electrons. The van der Waals surface area contributed by atoms with Gasteiger partial charge in [-0.2, -0.15) is 0 Å². The van der Waals surface area contributed by atoms with E-state index in [9.17, 15) is 4.79 Å². The Hall–Kier alpha value is -1.09. The third-order valence-corrected chi connectivity index (χ3v) is 2.69. The molecule has 0 saturated heterocycles. The van der Waals surface area contributed by atoms with Crippen molar-refractivity contribution in [1.29, 1.82) is 0 Å². The number of carbonyl (C=O) groups is 1. The van der Waals surface area contributed by atoms with E-state index in [2.05, 4.69) is 17.5 Å². The predicted octanol–water partition coefficient (Wildman–Crippen LogP) is 2.05. The molecule has 3 nitrogen and oxygen atoms in total. The first-order chi connectivity index (χ1) is 7.77. The molecule has 0 bridgehead atoms. The van der Waals surface area contributed by atoms with Crippen molar-refractivity contribution in [1.82, 2.24) is 5.32 Å². The van der Waals surface area contributed by atoms with Crippen LogP contribution in [0.15, 0.2) is 24.3 Å². The largest absolute Gasteiger partial charge is 0.465 e. The lowest BCUT2D eigenvalue weighted by Gasteiger charge is -2.20. The molecule has 0 aromatic carbocycles. The molecule has 1 aliphatic carbocycles. The van der Waals surface area contributed by atoms with E-state index in [0.717, 1.165) is 19.3 Å². The van der Waals surface area contributed by atoms with E-state index in [1.54, 1.807) is 7.05 Å². The number of likely N-dealkylation sites (N-methyl/N-ethyl adjacent to an activating group) is 1. The Morgan fingerprint density at radius 3 is 2.94 bits per heavy atom. The van der Waals surface area contributed by atoms with E-state index in [0.29, 0.717) is 12.5 Å². The lowest BCUT2D eigenvalue weighted by molar-refractivity contribution is -0.146. The third kappa shape index (κ3) is 4.19. The fourth-order valence-electron chi connectivity index (χ4n) is 1.74. The van der Waals surface area contributed by atoms with Gasteiger partial charge in [-0.25, -0.2) is 0 Å². The van der Waals surface area contributed by atoms with Gasteiger partial charge in [-0.3, -0.25) is 4.79 Å². The van der Waals surface area contributed by atoms with Crippen molar-refractivity contribution in [2.75, 3.05) is 13.7 Å². The van der Waals surface area contributed by atoms with E-state index in [4.69, 9.17) is 4.74 Å². The van der Waals surface area contributed by atoms with Gasteiger partial charge in [0.15, 0.2) is 0 Å². The van der Waals surface area contributed by atoms with Crippen LogP contribution in [0.2, 0.25) is 0 Å². The molecule has 0 aromatic rings. The van der Waals surface area contributed by atoms with E-state index in [1.165, 1.54) is 0 Å². The van der Waals surface area contributed by atoms with Gasteiger partial charge < -0.3 is 10.1 Å². The zero-order chi connectivity index (χ0) is 11.8. The van der Waals surface area contributed by atoms with Crippen LogP contribution >= 0.6 is 0 Å². The summed E-state index contributed by atoms with van der Waals surface area (Å²) in [5.74, 6) is 0.309. The van der Waals surface area contributed by atoms with Crippen LogP contribution in [0.25, 0.3) is 0 Å². The van der Waals surface area contributed by atoms with Crippen LogP contribution in [-0.4, -0.2) is 25.7 Å². The number of ether oxygens (including phenoxy) is 1. The molecule has 0 radical (unpaired) electrons. The highest BCUT2D eigenvalue weighted by atomic mass is 16.5. The van der Waals surface area contributed by atoms with Gasteiger partial charge in [-0.15, -0.1) is 0 Å². The zero-order valence-electron chi connectivity index (χ0n) is 10.1. The molecule has 1 rings (SSSR count). The highest BCUT2D eigenvalue weighted by Crippen LogP contribution is 2.17. The number of esters is 1. The van der Waals surface area contributed by atoms with Crippen molar-refractivity contribution in [3.8, 4) is 0 Å². The van der Waals surface area contributed by atoms with Gasteiger partial charge >= 0.3 is 5.97 Å². The number of carbonyl (C=O) groups excluding carboxylic acids is 1. The molecule has 1 aliphatic rings. The zero-order valence-corrected chi connectivity index (χ0v) is 10.1. The number of hydrogen-bond donors (Lipinski definition) is 1. The highest BCUT2D eigenvalue weighted by molar-refractivity contribution is 5.75. The number of allylic oxidation sites excluding steroid dienone is 4. The minimum absolute atomic E-state index is 0.132. The lowest BCUT2D eigenvalue weighted by atomic mass is 9.93. The summed E-state index contributed by atoms with van der Waals surface area (Å²) < 4.78 is 5.14. The molecule has 1 N–H and O–H groups in total. The second-order valence-electron chi connectivity index (χ2n) is 4.05. The minimum atomic E-state index is -0.187. The topological polar surface area (TPSA) is 38.3 Å². The average molecular weight is 223 g/mol. The third-order valence-electron chi connectivity index (χ3n) is 2.69. The van der Waals surface area contributed by atoms with Crippen LogP contribution in [0.4, 0.5) is 0 Å². The Morgan fingerprint density at radius 1 is 1.56 bits per heavy atom. The lowest BCUT2D eigenvalue weighted by Crippen LogP contribution is -2.37. The fraction of sp³-hybridized carbons (Fsp3) is 0.615.